The van der Waals surface area contributed by atoms with E-state index in [1.807, 2.05) is 21.1 Å². The Morgan fingerprint density at radius 2 is 2.24 bits per heavy atom. The van der Waals surface area contributed by atoms with Crippen LogP contribution in [0.25, 0.3) is 6.08 Å². The minimum atomic E-state index is -0.983. The van der Waals surface area contributed by atoms with E-state index < -0.39 is 6.10 Å². The first-order valence-corrected chi connectivity index (χ1v) is 5.36. The summed E-state index contributed by atoms with van der Waals surface area (Å²) in [6.07, 6.45) is 3.46. The molecule has 17 heavy (non-hydrogen) atoms. The monoisotopic (exact) mass is 236 g/mol. The van der Waals surface area contributed by atoms with E-state index in [1.165, 1.54) is 6.08 Å². The van der Waals surface area contributed by atoms with Crippen LogP contribution in [0.3, 0.4) is 0 Å². The van der Waals surface area contributed by atoms with Gasteiger partial charge in [-0.3, -0.25) is 4.79 Å². The number of hydrogen-bond acceptors (Lipinski definition) is 4. The summed E-state index contributed by atoms with van der Waals surface area (Å²) >= 11 is 0. The van der Waals surface area contributed by atoms with Crippen molar-refractivity contribution in [3.63, 3.8) is 0 Å². The first kappa shape index (κ1) is 13.5. The Hall–Kier alpha value is -1.59. The average Bonchev–Trinajstić information content (AvgIpc) is 2.25. The molecule has 1 aromatic heterocycles. The fourth-order valence-electron chi connectivity index (χ4n) is 1.29. The van der Waals surface area contributed by atoms with E-state index in [2.05, 4.69) is 10.2 Å². The zero-order valence-corrected chi connectivity index (χ0v) is 10.4. The van der Waals surface area contributed by atoms with Crippen LogP contribution in [0.5, 0.6) is 0 Å². The molecule has 0 radical (unpaired) electrons. The van der Waals surface area contributed by atoms with E-state index in [0.717, 1.165) is 0 Å². The number of rotatable bonds is 5. The number of hydrogen-bond donors (Lipinski definition) is 1. The van der Waals surface area contributed by atoms with Gasteiger partial charge in [0.05, 0.1) is 26.8 Å². The molecule has 0 amide bonds. The lowest BCUT2D eigenvalue weighted by Crippen LogP contribution is -2.43. The number of carbonyl (C=O) groups is 1. The highest BCUT2D eigenvalue weighted by Gasteiger charge is 2.20. The first-order chi connectivity index (χ1) is 7.88. The second-order valence-electron chi connectivity index (χ2n) is 4.87. The molecule has 0 aromatic carbocycles. The van der Waals surface area contributed by atoms with E-state index in [4.69, 9.17) is 0 Å². The number of aromatic nitrogens is 2. The van der Waals surface area contributed by atoms with Crippen molar-refractivity contribution < 1.29 is 14.4 Å². The summed E-state index contributed by atoms with van der Waals surface area (Å²) in [4.78, 5) is 11.6. The van der Waals surface area contributed by atoms with Crippen molar-refractivity contribution in [1.82, 2.24) is 10.2 Å². The normalized spacial score (nSPS) is 13.9. The molecule has 5 heteroatoms. The van der Waals surface area contributed by atoms with Gasteiger partial charge >= 0.3 is 0 Å². The highest BCUT2D eigenvalue weighted by atomic mass is 16.3. The van der Waals surface area contributed by atoms with Gasteiger partial charge in [-0.2, -0.15) is 10.2 Å². The molecule has 1 N–H and O–H groups in total. The molecule has 0 spiro atoms. The topological polar surface area (TPSA) is 63.1 Å². The maximum absolute atomic E-state index is 11.6. The molecule has 5 nitrogen and oxygen atoms in total. The van der Waals surface area contributed by atoms with Crippen LogP contribution in [0, 0.1) is 0 Å². The Bertz CT molecular complexity index is 396. The molecule has 0 aliphatic heterocycles. The van der Waals surface area contributed by atoms with Crippen molar-refractivity contribution in [3.05, 3.63) is 30.1 Å². The van der Waals surface area contributed by atoms with Crippen molar-refractivity contribution in [3.8, 4) is 0 Å². The van der Waals surface area contributed by atoms with E-state index in [-0.39, 0.29) is 5.78 Å². The molecule has 0 bridgehead atoms. The molecule has 0 saturated heterocycles. The molecule has 0 fully saturated rings. The third-order valence-electron chi connectivity index (χ3n) is 2.06. The van der Waals surface area contributed by atoms with Crippen molar-refractivity contribution in [1.29, 1.82) is 0 Å². The third-order valence-corrected chi connectivity index (χ3v) is 2.06. The highest BCUT2D eigenvalue weighted by molar-refractivity contribution is 5.96. The number of aliphatic hydroxyl groups is 1. The molecule has 1 atom stereocenters. The SMILES string of the molecule is C[N+](C)(C)CC(O)C(=O)/C=C/c1cccnn1. The van der Waals surface area contributed by atoms with Gasteiger partial charge in [-0.15, -0.1) is 0 Å². The second-order valence-corrected chi connectivity index (χ2v) is 4.87. The number of likely N-dealkylation sites (N-methyl/N-ethyl adjacent to an activating group) is 1. The largest absolute Gasteiger partial charge is 0.379 e. The predicted octanol–water partition coefficient (Wildman–Crippen LogP) is 0.126. The van der Waals surface area contributed by atoms with Crippen LogP contribution >= 0.6 is 0 Å². The highest BCUT2D eigenvalue weighted by Crippen LogP contribution is 2.00. The van der Waals surface area contributed by atoms with Crippen molar-refractivity contribution in [2.24, 2.45) is 0 Å². The van der Waals surface area contributed by atoms with Gasteiger partial charge in [0, 0.05) is 6.20 Å². The van der Waals surface area contributed by atoms with Crippen molar-refractivity contribution in [2.75, 3.05) is 27.7 Å². The number of quaternary nitrogens is 1. The van der Waals surface area contributed by atoms with Gasteiger partial charge in [0.15, 0.2) is 11.9 Å². The van der Waals surface area contributed by atoms with Crippen LogP contribution < -0.4 is 0 Å². The van der Waals surface area contributed by atoms with Gasteiger partial charge in [-0.25, -0.2) is 0 Å². The van der Waals surface area contributed by atoms with Gasteiger partial charge in [-0.1, -0.05) is 0 Å². The van der Waals surface area contributed by atoms with Gasteiger partial charge in [-0.05, 0) is 24.3 Å². The van der Waals surface area contributed by atoms with E-state index in [0.29, 0.717) is 16.7 Å². The van der Waals surface area contributed by atoms with Crippen LogP contribution in [0.4, 0.5) is 0 Å². The third kappa shape index (κ3) is 5.33. The predicted molar refractivity (Wildman–Crippen MR) is 65.0 cm³/mol. The van der Waals surface area contributed by atoms with Crippen LogP contribution in [0.2, 0.25) is 0 Å². The summed E-state index contributed by atoms with van der Waals surface area (Å²) in [5.74, 6) is -0.316. The zero-order valence-electron chi connectivity index (χ0n) is 10.4. The van der Waals surface area contributed by atoms with Gasteiger partial charge in [0.2, 0.25) is 0 Å². The molecule has 0 saturated carbocycles. The minimum Gasteiger partial charge on any atom is -0.379 e. The molecule has 1 unspecified atom stereocenters. The summed E-state index contributed by atoms with van der Waals surface area (Å²) in [6, 6.07) is 3.47. The van der Waals surface area contributed by atoms with Crippen LogP contribution in [0.15, 0.2) is 24.4 Å². The van der Waals surface area contributed by atoms with E-state index >= 15 is 0 Å². The molecular formula is C12H18N3O2+. The maximum Gasteiger partial charge on any atom is 0.190 e. The molecular weight excluding hydrogens is 218 g/mol. The second kappa shape index (κ2) is 5.65. The summed E-state index contributed by atoms with van der Waals surface area (Å²) in [5, 5.41) is 17.2. The smallest absolute Gasteiger partial charge is 0.190 e. The summed E-state index contributed by atoms with van der Waals surface area (Å²) < 4.78 is 0.534. The zero-order chi connectivity index (χ0) is 12.9. The molecule has 0 aliphatic carbocycles. The van der Waals surface area contributed by atoms with E-state index in [1.54, 1.807) is 24.4 Å². The summed E-state index contributed by atoms with van der Waals surface area (Å²) in [5.41, 5.74) is 0.596. The average molecular weight is 236 g/mol. The summed E-state index contributed by atoms with van der Waals surface area (Å²) in [6.45, 7) is 0.379. The Kier molecular flexibility index (Phi) is 4.48. The van der Waals surface area contributed by atoms with Crippen molar-refractivity contribution >= 4 is 11.9 Å². The fraction of sp³-hybridized carbons (Fsp3) is 0.417. The molecule has 0 aliphatic rings. The maximum atomic E-state index is 11.6. The van der Waals surface area contributed by atoms with Crippen LogP contribution in [-0.2, 0) is 4.79 Å². The number of ketones is 1. The Labute approximate surface area is 101 Å². The lowest BCUT2D eigenvalue weighted by Gasteiger charge is -2.25. The van der Waals surface area contributed by atoms with Crippen molar-refractivity contribution in [2.45, 2.75) is 6.10 Å². The van der Waals surface area contributed by atoms with Gasteiger partial charge in [0.25, 0.3) is 0 Å². The Morgan fingerprint density at radius 1 is 1.53 bits per heavy atom. The number of nitrogens with zero attached hydrogens (tertiary/aromatic N) is 3. The Balaban J connectivity index is 2.58. The molecule has 92 valence electrons. The first-order valence-electron chi connectivity index (χ1n) is 5.36. The quantitative estimate of drug-likeness (QED) is 0.583. The van der Waals surface area contributed by atoms with E-state index in [9.17, 15) is 9.90 Å². The van der Waals surface area contributed by atoms with Crippen LogP contribution in [0.1, 0.15) is 5.69 Å². The lowest BCUT2D eigenvalue weighted by molar-refractivity contribution is -0.872. The summed E-state index contributed by atoms with van der Waals surface area (Å²) in [7, 11) is 5.76. The fourth-order valence-corrected chi connectivity index (χ4v) is 1.29. The molecule has 1 aromatic rings. The minimum absolute atomic E-state index is 0.316. The number of aliphatic hydroxyl groups excluding tert-OH is 1. The molecule has 1 rings (SSSR count). The molecule has 1 heterocycles. The van der Waals surface area contributed by atoms with Crippen LogP contribution in [-0.4, -0.2) is 59.4 Å². The lowest BCUT2D eigenvalue weighted by atomic mass is 10.2. The Morgan fingerprint density at radius 3 is 2.76 bits per heavy atom. The van der Waals surface area contributed by atoms with Gasteiger partial charge < -0.3 is 9.59 Å². The number of carbonyl (C=O) groups excluding carboxylic acids is 1. The van der Waals surface area contributed by atoms with Gasteiger partial charge in [0.1, 0.15) is 6.54 Å². The standard InChI is InChI=1S/C12H18N3O2/c1-15(2,3)9-12(17)11(16)7-6-10-5-4-8-13-14-10/h4-8,12,17H,9H2,1-3H3/q+1/b7-6+.